The molecule has 0 aliphatic rings. The average Bonchev–Trinajstić information content (AvgIpc) is 3.10. The first-order valence-corrected chi connectivity index (χ1v) is 8.30. The van der Waals surface area contributed by atoms with E-state index in [4.69, 9.17) is 16.3 Å². The summed E-state index contributed by atoms with van der Waals surface area (Å²) in [6, 6.07) is 12.9. The van der Waals surface area contributed by atoms with Crippen molar-refractivity contribution in [2.45, 2.75) is 13.5 Å². The lowest BCUT2D eigenvalue weighted by Gasteiger charge is -2.17. The van der Waals surface area contributed by atoms with Gasteiger partial charge in [0.05, 0.1) is 12.1 Å². The molecule has 0 unspecified atom stereocenters. The fourth-order valence-electron chi connectivity index (χ4n) is 2.36. The minimum atomic E-state index is -0.195. The van der Waals surface area contributed by atoms with Crippen molar-refractivity contribution in [1.29, 1.82) is 0 Å². The first-order valence-electron chi connectivity index (χ1n) is 7.93. The summed E-state index contributed by atoms with van der Waals surface area (Å²) in [7, 11) is 3.20. The van der Waals surface area contributed by atoms with Crippen molar-refractivity contribution in [3.63, 3.8) is 0 Å². The SMILES string of the molecule is COc1ccc(N(C)C(=O)Cn2nnc(-c3ccc(C)cc3)n2)cc1Cl. The van der Waals surface area contributed by atoms with Gasteiger partial charge in [0.2, 0.25) is 11.7 Å². The van der Waals surface area contributed by atoms with Crippen molar-refractivity contribution in [3.05, 3.63) is 53.1 Å². The van der Waals surface area contributed by atoms with E-state index >= 15 is 0 Å². The monoisotopic (exact) mass is 371 g/mol. The highest BCUT2D eigenvalue weighted by molar-refractivity contribution is 6.32. The van der Waals surface area contributed by atoms with E-state index in [-0.39, 0.29) is 12.5 Å². The van der Waals surface area contributed by atoms with Crippen LogP contribution in [0.25, 0.3) is 11.4 Å². The van der Waals surface area contributed by atoms with Gasteiger partial charge in [0.1, 0.15) is 12.3 Å². The van der Waals surface area contributed by atoms with E-state index in [1.54, 1.807) is 25.2 Å². The molecule has 1 aromatic heterocycles. The summed E-state index contributed by atoms with van der Waals surface area (Å²) in [6.07, 6.45) is 0. The predicted molar refractivity (Wildman–Crippen MR) is 99.4 cm³/mol. The minimum absolute atomic E-state index is 0.0288. The molecule has 7 nitrogen and oxygen atoms in total. The number of hydrogen-bond donors (Lipinski definition) is 0. The maximum atomic E-state index is 12.5. The number of hydrogen-bond acceptors (Lipinski definition) is 5. The van der Waals surface area contributed by atoms with Crippen LogP contribution in [0.1, 0.15) is 5.56 Å². The lowest BCUT2D eigenvalue weighted by molar-refractivity contribution is -0.119. The van der Waals surface area contributed by atoms with Gasteiger partial charge in [-0.3, -0.25) is 4.79 Å². The van der Waals surface area contributed by atoms with Crippen LogP contribution >= 0.6 is 11.6 Å². The van der Waals surface area contributed by atoms with Crippen LogP contribution in [0.3, 0.4) is 0 Å². The molecule has 0 aliphatic heterocycles. The summed E-state index contributed by atoms with van der Waals surface area (Å²) in [5.74, 6) is 0.837. The Balaban J connectivity index is 1.71. The van der Waals surface area contributed by atoms with Crippen LogP contribution in [0.2, 0.25) is 5.02 Å². The zero-order valence-electron chi connectivity index (χ0n) is 14.7. The van der Waals surface area contributed by atoms with Gasteiger partial charge in [-0.25, -0.2) is 0 Å². The number of ether oxygens (including phenoxy) is 1. The van der Waals surface area contributed by atoms with Crippen LogP contribution in [0.5, 0.6) is 5.75 Å². The number of benzene rings is 2. The van der Waals surface area contributed by atoms with Crippen molar-refractivity contribution in [3.8, 4) is 17.1 Å². The second-order valence-electron chi connectivity index (χ2n) is 5.78. The molecular weight excluding hydrogens is 354 g/mol. The quantitative estimate of drug-likeness (QED) is 0.689. The molecule has 3 rings (SSSR count). The molecule has 8 heteroatoms. The number of tetrazole rings is 1. The van der Waals surface area contributed by atoms with Crippen molar-refractivity contribution < 1.29 is 9.53 Å². The Kier molecular flexibility index (Phi) is 5.18. The summed E-state index contributed by atoms with van der Waals surface area (Å²) in [4.78, 5) is 15.3. The first kappa shape index (κ1) is 17.9. The predicted octanol–water partition coefficient (Wildman–Crippen LogP) is 2.97. The molecule has 2 aromatic carbocycles. The smallest absolute Gasteiger partial charge is 0.250 e. The molecule has 0 atom stereocenters. The zero-order valence-corrected chi connectivity index (χ0v) is 15.4. The molecule has 0 bridgehead atoms. The van der Waals surface area contributed by atoms with E-state index in [0.717, 1.165) is 11.1 Å². The molecule has 1 amide bonds. The molecule has 0 spiro atoms. The second-order valence-corrected chi connectivity index (χ2v) is 6.19. The Labute approximate surface area is 156 Å². The third-order valence-electron chi connectivity index (χ3n) is 3.94. The van der Waals surface area contributed by atoms with Crippen LogP contribution in [0.4, 0.5) is 5.69 Å². The molecule has 0 aliphatic carbocycles. The fourth-order valence-corrected chi connectivity index (χ4v) is 2.62. The van der Waals surface area contributed by atoms with Crippen molar-refractivity contribution >= 4 is 23.2 Å². The van der Waals surface area contributed by atoms with Gasteiger partial charge in [0, 0.05) is 18.3 Å². The van der Waals surface area contributed by atoms with Gasteiger partial charge in [-0.1, -0.05) is 41.4 Å². The Morgan fingerprint density at radius 3 is 2.62 bits per heavy atom. The number of amides is 1. The molecule has 0 saturated heterocycles. The summed E-state index contributed by atoms with van der Waals surface area (Å²) in [5.41, 5.74) is 2.65. The van der Waals surface area contributed by atoms with E-state index < -0.39 is 0 Å². The third-order valence-corrected chi connectivity index (χ3v) is 4.23. The summed E-state index contributed by atoms with van der Waals surface area (Å²) in [6.45, 7) is 1.98. The van der Waals surface area contributed by atoms with Gasteiger partial charge in [0.25, 0.3) is 0 Å². The molecule has 0 fully saturated rings. The summed E-state index contributed by atoms with van der Waals surface area (Å²) < 4.78 is 5.12. The summed E-state index contributed by atoms with van der Waals surface area (Å²) >= 11 is 6.12. The molecule has 0 saturated carbocycles. The maximum Gasteiger partial charge on any atom is 0.250 e. The van der Waals surface area contributed by atoms with E-state index in [1.807, 2.05) is 31.2 Å². The number of anilines is 1. The molecule has 1 heterocycles. The lowest BCUT2D eigenvalue weighted by atomic mass is 10.1. The second kappa shape index (κ2) is 7.53. The number of likely N-dealkylation sites (N-methyl/N-ethyl adjacent to an activating group) is 1. The van der Waals surface area contributed by atoms with Gasteiger partial charge in [-0.15, -0.1) is 10.2 Å². The molecule has 26 heavy (non-hydrogen) atoms. The molecule has 0 N–H and O–H groups in total. The number of nitrogens with zero attached hydrogens (tertiary/aromatic N) is 5. The Hall–Kier alpha value is -2.93. The highest BCUT2D eigenvalue weighted by Crippen LogP contribution is 2.28. The number of carbonyl (C=O) groups excluding carboxylic acids is 1. The number of aromatic nitrogens is 4. The number of methoxy groups -OCH3 is 1. The van der Waals surface area contributed by atoms with Crippen LogP contribution in [0.15, 0.2) is 42.5 Å². The summed E-state index contributed by atoms with van der Waals surface area (Å²) in [5, 5.41) is 12.7. The van der Waals surface area contributed by atoms with E-state index in [1.165, 1.54) is 16.8 Å². The standard InChI is InChI=1S/C18H18ClN5O2/c1-12-4-6-13(7-5-12)18-20-22-24(21-18)11-17(25)23(2)14-8-9-16(26-3)15(19)10-14/h4-10H,11H2,1-3H3. The Bertz CT molecular complexity index is 924. The van der Waals surface area contributed by atoms with Gasteiger partial charge >= 0.3 is 0 Å². The van der Waals surface area contributed by atoms with Gasteiger partial charge in [0.15, 0.2) is 0 Å². The van der Waals surface area contributed by atoms with Gasteiger partial charge in [-0.05, 0) is 30.3 Å². The van der Waals surface area contributed by atoms with Crippen molar-refractivity contribution in [1.82, 2.24) is 20.2 Å². The first-order chi connectivity index (χ1) is 12.5. The highest BCUT2D eigenvalue weighted by atomic mass is 35.5. The third kappa shape index (κ3) is 3.83. The Morgan fingerprint density at radius 1 is 1.23 bits per heavy atom. The van der Waals surface area contributed by atoms with E-state index in [9.17, 15) is 4.79 Å². The maximum absolute atomic E-state index is 12.5. The molecule has 0 radical (unpaired) electrons. The number of halogens is 1. The van der Waals surface area contributed by atoms with Crippen LogP contribution < -0.4 is 9.64 Å². The average molecular weight is 372 g/mol. The number of aryl methyl sites for hydroxylation is 1. The van der Waals surface area contributed by atoms with Gasteiger partial charge < -0.3 is 9.64 Å². The van der Waals surface area contributed by atoms with Crippen molar-refractivity contribution in [2.24, 2.45) is 0 Å². The molecular formula is C18H18ClN5O2. The van der Waals surface area contributed by atoms with Crippen LogP contribution in [0, 0.1) is 6.92 Å². The number of carbonyl (C=O) groups is 1. The van der Waals surface area contributed by atoms with Crippen LogP contribution in [-0.4, -0.2) is 40.3 Å². The Morgan fingerprint density at radius 2 is 1.96 bits per heavy atom. The van der Waals surface area contributed by atoms with E-state index in [2.05, 4.69) is 15.4 Å². The minimum Gasteiger partial charge on any atom is -0.495 e. The molecule has 3 aromatic rings. The topological polar surface area (TPSA) is 73.1 Å². The zero-order chi connectivity index (χ0) is 18.7. The largest absolute Gasteiger partial charge is 0.495 e. The lowest BCUT2D eigenvalue weighted by Crippen LogP contribution is -2.30. The highest BCUT2D eigenvalue weighted by Gasteiger charge is 2.15. The number of rotatable bonds is 5. The van der Waals surface area contributed by atoms with Crippen LogP contribution in [-0.2, 0) is 11.3 Å². The fraction of sp³-hybridized carbons (Fsp3) is 0.222. The van der Waals surface area contributed by atoms with E-state index in [0.29, 0.717) is 22.3 Å². The van der Waals surface area contributed by atoms with Gasteiger partial charge in [-0.2, -0.15) is 4.80 Å². The molecule has 134 valence electrons. The normalized spacial score (nSPS) is 10.6. The van der Waals surface area contributed by atoms with Crippen molar-refractivity contribution in [2.75, 3.05) is 19.1 Å².